The Morgan fingerprint density at radius 3 is 2.78 bits per heavy atom. The first-order valence-corrected chi connectivity index (χ1v) is 7.09. The molecule has 4 aromatic rings. The van der Waals surface area contributed by atoms with Gasteiger partial charge in [-0.25, -0.2) is 14.8 Å². The predicted octanol–water partition coefficient (Wildman–Crippen LogP) is 2.50. The zero-order chi connectivity index (χ0) is 15.6. The highest BCUT2D eigenvalue weighted by Gasteiger charge is 2.14. The number of imidazole rings is 1. The highest BCUT2D eigenvalue weighted by atomic mass is 16.3. The van der Waals surface area contributed by atoms with Crippen LogP contribution in [-0.4, -0.2) is 19.5 Å². The number of rotatable bonds is 4. The summed E-state index contributed by atoms with van der Waals surface area (Å²) >= 11 is 0. The smallest absolute Gasteiger partial charge is 0.328 e. The minimum atomic E-state index is -0.256. The van der Waals surface area contributed by atoms with Gasteiger partial charge < -0.3 is 14.7 Å². The van der Waals surface area contributed by atoms with E-state index in [-0.39, 0.29) is 5.69 Å². The Hall–Kier alpha value is -3.35. The number of H-pyrrole nitrogens is 1. The molecule has 3 aromatic heterocycles. The zero-order valence-corrected chi connectivity index (χ0v) is 12.1. The Balaban J connectivity index is 1.78. The summed E-state index contributed by atoms with van der Waals surface area (Å²) in [5, 5.41) is 3.19. The number of hydrogen-bond acceptors (Lipinski definition) is 5. The predicted molar refractivity (Wildman–Crippen MR) is 85.7 cm³/mol. The quantitative estimate of drug-likeness (QED) is 0.604. The van der Waals surface area contributed by atoms with Crippen molar-refractivity contribution < 1.29 is 4.42 Å². The molecule has 0 atom stereocenters. The second kappa shape index (κ2) is 5.45. The molecule has 0 radical (unpaired) electrons. The average Bonchev–Trinajstić information content (AvgIpc) is 3.19. The molecule has 0 aliphatic carbocycles. The van der Waals surface area contributed by atoms with Gasteiger partial charge in [0.25, 0.3) is 0 Å². The van der Waals surface area contributed by atoms with Crippen LogP contribution in [0.2, 0.25) is 0 Å². The van der Waals surface area contributed by atoms with Gasteiger partial charge in [0.1, 0.15) is 17.6 Å². The van der Waals surface area contributed by atoms with Crippen LogP contribution in [0.3, 0.4) is 0 Å². The molecule has 0 amide bonds. The Labute approximate surface area is 130 Å². The number of para-hydroxylation sites is 1. The lowest BCUT2D eigenvalue weighted by Crippen LogP contribution is -2.17. The van der Waals surface area contributed by atoms with Gasteiger partial charge in [0.15, 0.2) is 11.5 Å². The summed E-state index contributed by atoms with van der Waals surface area (Å²) in [4.78, 5) is 23.5. The number of anilines is 2. The van der Waals surface area contributed by atoms with Gasteiger partial charge >= 0.3 is 5.69 Å². The van der Waals surface area contributed by atoms with E-state index in [1.54, 1.807) is 12.3 Å². The standard InChI is InChI=1S/C16H13N5O2/c22-16-20-13-14(19-11-5-2-1-3-6-11)17-10-18-15(13)21(16)9-12-7-4-8-23-12/h1-8,10H,9H2,(H,20,22)(H,17,18,19). The fourth-order valence-corrected chi connectivity index (χ4v) is 2.42. The van der Waals surface area contributed by atoms with E-state index in [0.29, 0.717) is 29.3 Å². The third-order valence-corrected chi connectivity index (χ3v) is 3.49. The Bertz CT molecular complexity index is 986. The van der Waals surface area contributed by atoms with E-state index in [0.717, 1.165) is 5.69 Å². The highest BCUT2D eigenvalue weighted by molar-refractivity contribution is 5.85. The largest absolute Gasteiger partial charge is 0.467 e. The molecule has 0 aliphatic heterocycles. The summed E-state index contributed by atoms with van der Waals surface area (Å²) in [7, 11) is 0. The van der Waals surface area contributed by atoms with E-state index < -0.39 is 0 Å². The molecule has 1 aromatic carbocycles. The maximum Gasteiger partial charge on any atom is 0.328 e. The maximum atomic E-state index is 12.2. The summed E-state index contributed by atoms with van der Waals surface area (Å²) in [6, 6.07) is 13.2. The summed E-state index contributed by atoms with van der Waals surface area (Å²) in [5.74, 6) is 1.24. The van der Waals surface area contributed by atoms with Gasteiger partial charge in [0.05, 0.1) is 12.8 Å². The van der Waals surface area contributed by atoms with Crippen molar-refractivity contribution in [3.8, 4) is 0 Å². The van der Waals surface area contributed by atoms with E-state index in [2.05, 4.69) is 20.3 Å². The molecular weight excluding hydrogens is 294 g/mol. The molecule has 7 heteroatoms. The molecule has 0 spiro atoms. The van der Waals surface area contributed by atoms with Gasteiger partial charge in [0.2, 0.25) is 0 Å². The second-order valence-corrected chi connectivity index (χ2v) is 5.01. The Kier molecular flexibility index (Phi) is 3.16. The van der Waals surface area contributed by atoms with Gasteiger partial charge in [0, 0.05) is 5.69 Å². The zero-order valence-electron chi connectivity index (χ0n) is 12.1. The van der Waals surface area contributed by atoms with Crippen molar-refractivity contribution in [2.45, 2.75) is 6.54 Å². The van der Waals surface area contributed by atoms with E-state index in [9.17, 15) is 4.79 Å². The lowest BCUT2D eigenvalue weighted by Gasteiger charge is -2.06. The number of benzene rings is 1. The van der Waals surface area contributed by atoms with Crippen LogP contribution < -0.4 is 11.0 Å². The van der Waals surface area contributed by atoms with Crippen molar-refractivity contribution >= 4 is 22.7 Å². The normalized spacial score (nSPS) is 11.0. The highest BCUT2D eigenvalue weighted by Crippen LogP contribution is 2.20. The SMILES string of the molecule is O=c1[nH]c2c(Nc3ccccc3)ncnc2n1Cc1ccco1. The Morgan fingerprint density at radius 1 is 1.13 bits per heavy atom. The van der Waals surface area contributed by atoms with Crippen LogP contribution in [0.15, 0.2) is 64.3 Å². The summed E-state index contributed by atoms with van der Waals surface area (Å²) < 4.78 is 6.82. The number of nitrogens with one attached hydrogen (secondary N) is 2. The maximum absolute atomic E-state index is 12.2. The number of aromatic nitrogens is 4. The molecule has 7 nitrogen and oxygen atoms in total. The van der Waals surface area contributed by atoms with Gasteiger partial charge in [-0.05, 0) is 24.3 Å². The van der Waals surface area contributed by atoms with Crippen LogP contribution in [-0.2, 0) is 6.54 Å². The van der Waals surface area contributed by atoms with Crippen molar-refractivity contribution in [1.82, 2.24) is 19.5 Å². The second-order valence-electron chi connectivity index (χ2n) is 5.01. The monoisotopic (exact) mass is 307 g/mol. The fourth-order valence-electron chi connectivity index (χ4n) is 2.42. The minimum Gasteiger partial charge on any atom is -0.467 e. The molecule has 3 heterocycles. The molecule has 0 saturated carbocycles. The number of fused-ring (bicyclic) bond motifs is 1. The molecular formula is C16H13N5O2. The molecule has 0 aliphatic rings. The molecule has 114 valence electrons. The van der Waals surface area contributed by atoms with Crippen LogP contribution >= 0.6 is 0 Å². The summed E-state index contributed by atoms with van der Waals surface area (Å²) in [6.07, 6.45) is 3.01. The lowest BCUT2D eigenvalue weighted by atomic mass is 10.3. The fraction of sp³-hybridized carbons (Fsp3) is 0.0625. The number of nitrogens with zero attached hydrogens (tertiary/aromatic N) is 3. The van der Waals surface area contributed by atoms with Crippen molar-refractivity contribution in [2.75, 3.05) is 5.32 Å². The molecule has 4 rings (SSSR count). The van der Waals surface area contributed by atoms with E-state index in [4.69, 9.17) is 4.42 Å². The van der Waals surface area contributed by atoms with E-state index in [1.807, 2.05) is 36.4 Å². The van der Waals surface area contributed by atoms with E-state index in [1.165, 1.54) is 10.9 Å². The van der Waals surface area contributed by atoms with Crippen molar-refractivity contribution in [2.24, 2.45) is 0 Å². The third kappa shape index (κ3) is 2.48. The number of furan rings is 1. The first kappa shape index (κ1) is 13.3. The van der Waals surface area contributed by atoms with Crippen LogP contribution in [0.25, 0.3) is 11.2 Å². The van der Waals surface area contributed by atoms with Crippen LogP contribution in [0, 0.1) is 0 Å². The van der Waals surface area contributed by atoms with Crippen LogP contribution in [0.1, 0.15) is 5.76 Å². The van der Waals surface area contributed by atoms with Gasteiger partial charge in [-0.1, -0.05) is 18.2 Å². The summed E-state index contributed by atoms with van der Waals surface area (Å²) in [6.45, 7) is 0.313. The molecule has 0 saturated heterocycles. The van der Waals surface area contributed by atoms with Gasteiger partial charge in [-0.3, -0.25) is 4.57 Å². The molecule has 0 unspecified atom stereocenters. The van der Waals surface area contributed by atoms with Gasteiger partial charge in [-0.15, -0.1) is 0 Å². The van der Waals surface area contributed by atoms with Crippen molar-refractivity contribution in [3.05, 3.63) is 71.3 Å². The van der Waals surface area contributed by atoms with E-state index >= 15 is 0 Å². The Morgan fingerprint density at radius 2 is 2.00 bits per heavy atom. The first-order chi connectivity index (χ1) is 11.3. The molecule has 23 heavy (non-hydrogen) atoms. The first-order valence-electron chi connectivity index (χ1n) is 7.09. The van der Waals surface area contributed by atoms with Crippen molar-refractivity contribution in [3.63, 3.8) is 0 Å². The topological polar surface area (TPSA) is 88.7 Å². The van der Waals surface area contributed by atoms with Crippen molar-refractivity contribution in [1.29, 1.82) is 0 Å². The average molecular weight is 307 g/mol. The van der Waals surface area contributed by atoms with Crippen LogP contribution in [0.4, 0.5) is 11.5 Å². The van der Waals surface area contributed by atoms with Crippen LogP contribution in [0.5, 0.6) is 0 Å². The minimum absolute atomic E-state index is 0.256. The molecule has 2 N–H and O–H groups in total. The molecule has 0 bridgehead atoms. The summed E-state index contributed by atoms with van der Waals surface area (Å²) in [5.41, 5.74) is 1.72. The lowest BCUT2D eigenvalue weighted by molar-refractivity contribution is 0.492. The van der Waals surface area contributed by atoms with Gasteiger partial charge in [-0.2, -0.15) is 0 Å². The third-order valence-electron chi connectivity index (χ3n) is 3.49. The molecule has 0 fully saturated rings. The number of hydrogen-bond donors (Lipinski definition) is 2. The number of aromatic amines is 1.